The van der Waals surface area contributed by atoms with Crippen molar-refractivity contribution in [3.63, 3.8) is 0 Å². The summed E-state index contributed by atoms with van der Waals surface area (Å²) in [4.78, 5) is -2.01. The molecular weight excluding hydrogens is 462 g/mol. The molecule has 0 saturated heterocycles. The molecule has 0 aliphatic heterocycles. The SMILES string of the molecule is C=C(Nc1ccc(S(F)(F)(F)(F)F)cc1)C(C)(C)CCc1ccccc1C(F)(F)F.CC. The second-order valence-electron chi connectivity index (χ2n) is 7.64. The maximum atomic E-state index is 13.1. The van der Waals surface area contributed by atoms with E-state index in [1.165, 1.54) is 18.2 Å². The van der Waals surface area contributed by atoms with Crippen LogP contribution < -0.4 is 5.32 Å². The van der Waals surface area contributed by atoms with E-state index in [0.717, 1.165) is 18.2 Å². The maximum absolute atomic E-state index is 13.1. The molecule has 2 aromatic rings. The number of anilines is 1. The van der Waals surface area contributed by atoms with E-state index in [9.17, 15) is 32.6 Å². The second kappa shape index (κ2) is 8.61. The van der Waals surface area contributed by atoms with Gasteiger partial charge < -0.3 is 5.32 Å². The third kappa shape index (κ3) is 7.72. The molecule has 0 bridgehead atoms. The Kier molecular flexibility index (Phi) is 7.48. The minimum absolute atomic E-state index is 0.0898. The molecule has 0 aromatic heterocycles. The average Bonchev–Trinajstić information content (AvgIpc) is 2.66. The molecule has 1 N–H and O–H groups in total. The number of aryl methyl sites for hydroxylation is 1. The smallest absolute Gasteiger partial charge is 0.359 e. The topological polar surface area (TPSA) is 12.0 Å². The van der Waals surface area contributed by atoms with Gasteiger partial charge in [0.25, 0.3) is 0 Å². The van der Waals surface area contributed by atoms with E-state index in [2.05, 4.69) is 11.9 Å². The summed E-state index contributed by atoms with van der Waals surface area (Å²) in [5.74, 6) is 0. The van der Waals surface area contributed by atoms with Gasteiger partial charge in [0.05, 0.1) is 5.56 Å². The van der Waals surface area contributed by atoms with E-state index in [-0.39, 0.29) is 36.2 Å². The number of nitrogens with one attached hydrogen (secondary N) is 1. The molecule has 1 nitrogen and oxygen atoms in total. The van der Waals surface area contributed by atoms with Crippen molar-refractivity contribution in [1.29, 1.82) is 0 Å². The highest BCUT2D eigenvalue weighted by atomic mass is 32.5. The Morgan fingerprint density at radius 2 is 1.38 bits per heavy atom. The molecule has 0 radical (unpaired) electrons. The van der Waals surface area contributed by atoms with Crippen molar-refractivity contribution in [3.05, 3.63) is 71.9 Å². The minimum Gasteiger partial charge on any atom is -0.359 e. The van der Waals surface area contributed by atoms with Crippen molar-refractivity contribution in [2.45, 2.75) is 51.6 Å². The fourth-order valence-electron chi connectivity index (χ4n) is 2.75. The molecule has 0 fully saturated rings. The van der Waals surface area contributed by atoms with Crippen molar-refractivity contribution >= 4 is 15.9 Å². The van der Waals surface area contributed by atoms with E-state index in [1.807, 2.05) is 13.8 Å². The number of benzene rings is 2. The molecule has 0 amide bonds. The van der Waals surface area contributed by atoms with Crippen LogP contribution in [0, 0.1) is 5.41 Å². The van der Waals surface area contributed by atoms with Gasteiger partial charge in [-0.05, 0) is 48.7 Å². The zero-order chi connectivity index (χ0) is 25.1. The summed E-state index contributed by atoms with van der Waals surface area (Å²) in [5.41, 5.74) is -0.921. The Balaban J connectivity index is 0.00000249. The van der Waals surface area contributed by atoms with Crippen LogP contribution in [0.25, 0.3) is 0 Å². The van der Waals surface area contributed by atoms with Gasteiger partial charge in [0, 0.05) is 16.8 Å². The van der Waals surface area contributed by atoms with Crippen molar-refractivity contribution < 1.29 is 32.6 Å². The summed E-state index contributed by atoms with van der Waals surface area (Å²) in [6, 6.07) is 7.46. The Labute approximate surface area is 183 Å². The fraction of sp³-hybridized carbons (Fsp3) is 0.364. The highest BCUT2D eigenvalue weighted by Crippen LogP contribution is 3.02. The summed E-state index contributed by atoms with van der Waals surface area (Å²) in [5, 5.41) is 2.75. The third-order valence-electron chi connectivity index (χ3n) is 4.75. The van der Waals surface area contributed by atoms with E-state index in [1.54, 1.807) is 13.8 Å². The van der Waals surface area contributed by atoms with Crippen LogP contribution in [-0.4, -0.2) is 0 Å². The van der Waals surface area contributed by atoms with E-state index in [4.69, 9.17) is 0 Å². The number of halogens is 8. The van der Waals surface area contributed by atoms with Gasteiger partial charge in [-0.1, -0.05) is 71.9 Å². The zero-order valence-electron chi connectivity index (χ0n) is 18.2. The molecule has 182 valence electrons. The first-order valence-electron chi connectivity index (χ1n) is 9.75. The van der Waals surface area contributed by atoms with Gasteiger partial charge in [-0.25, -0.2) is 0 Å². The maximum Gasteiger partial charge on any atom is 0.416 e. The first-order valence-corrected chi connectivity index (χ1v) is 11.7. The summed E-state index contributed by atoms with van der Waals surface area (Å²) in [7, 11) is -9.75. The lowest BCUT2D eigenvalue weighted by Crippen LogP contribution is -2.21. The molecule has 0 spiro atoms. The van der Waals surface area contributed by atoms with Crippen molar-refractivity contribution in [3.8, 4) is 0 Å². The summed E-state index contributed by atoms with van der Waals surface area (Å²) >= 11 is 0. The lowest BCUT2D eigenvalue weighted by atomic mass is 9.82. The van der Waals surface area contributed by atoms with Gasteiger partial charge in [-0.15, -0.1) is 0 Å². The molecule has 0 atom stereocenters. The standard InChI is InChI=1S/C20H21F8NS.C2H6/c1-14(29-16-8-10-17(11-9-16)30(24,25,26,27)28)19(2,3)13-12-15-6-4-5-7-18(15)20(21,22)23;1-2/h4-11,29H,1,12-13H2,2-3H3;1-2H3. The molecule has 0 aliphatic rings. The molecule has 0 saturated carbocycles. The van der Waals surface area contributed by atoms with Gasteiger partial charge in [-0.3, -0.25) is 0 Å². The molecule has 0 aliphatic carbocycles. The highest BCUT2D eigenvalue weighted by Gasteiger charge is 2.65. The van der Waals surface area contributed by atoms with Gasteiger partial charge in [-0.2, -0.15) is 13.2 Å². The number of hydrogen-bond donors (Lipinski definition) is 1. The Morgan fingerprint density at radius 3 is 1.84 bits per heavy atom. The number of alkyl halides is 3. The molecule has 2 rings (SSSR count). The summed E-state index contributed by atoms with van der Waals surface area (Å²) in [6.45, 7) is 11.2. The molecule has 0 unspecified atom stereocenters. The number of allylic oxidation sites excluding steroid dienone is 1. The van der Waals surface area contributed by atoms with Crippen LogP contribution in [-0.2, 0) is 12.6 Å². The fourth-order valence-corrected chi connectivity index (χ4v) is 3.40. The first kappa shape index (κ1) is 27.8. The van der Waals surface area contributed by atoms with Crippen molar-refractivity contribution in [2.75, 3.05) is 5.32 Å². The Morgan fingerprint density at radius 1 is 0.875 bits per heavy atom. The molecule has 10 heteroatoms. The average molecular weight is 490 g/mol. The predicted molar refractivity (Wildman–Crippen MR) is 115 cm³/mol. The van der Waals surface area contributed by atoms with Crippen LogP contribution in [0.5, 0.6) is 0 Å². The highest BCUT2D eigenvalue weighted by molar-refractivity contribution is 8.45. The molecule has 0 heterocycles. The lowest BCUT2D eigenvalue weighted by Gasteiger charge is -2.40. The van der Waals surface area contributed by atoms with Gasteiger partial charge in [0.2, 0.25) is 0 Å². The van der Waals surface area contributed by atoms with Crippen molar-refractivity contribution in [2.24, 2.45) is 5.41 Å². The Hall–Kier alpha value is -2.23. The number of rotatable bonds is 7. The van der Waals surface area contributed by atoms with Crippen LogP contribution in [0.15, 0.2) is 65.7 Å². The molecular formula is C22H27F8NS. The zero-order valence-corrected chi connectivity index (χ0v) is 19.0. The van der Waals surface area contributed by atoms with Crippen molar-refractivity contribution in [1.82, 2.24) is 0 Å². The van der Waals surface area contributed by atoms with Crippen LogP contribution in [0.3, 0.4) is 0 Å². The number of hydrogen-bond acceptors (Lipinski definition) is 1. The monoisotopic (exact) mass is 489 g/mol. The van der Waals surface area contributed by atoms with Gasteiger partial charge >= 0.3 is 16.4 Å². The largest absolute Gasteiger partial charge is 0.416 e. The third-order valence-corrected chi connectivity index (χ3v) is 5.92. The van der Waals surface area contributed by atoms with E-state index < -0.39 is 32.3 Å². The van der Waals surface area contributed by atoms with Crippen LogP contribution in [0.1, 0.15) is 45.2 Å². The first-order chi connectivity index (χ1) is 14.3. The minimum atomic E-state index is -9.75. The van der Waals surface area contributed by atoms with Crippen LogP contribution in [0.4, 0.5) is 38.3 Å². The predicted octanol–water partition coefficient (Wildman–Crippen LogP) is 9.97. The van der Waals surface area contributed by atoms with Crippen LogP contribution in [0.2, 0.25) is 0 Å². The Bertz CT molecular complexity index is 930. The van der Waals surface area contributed by atoms with Gasteiger partial charge in [0.15, 0.2) is 0 Å². The summed E-state index contributed by atoms with van der Waals surface area (Å²) < 4.78 is 103. The van der Waals surface area contributed by atoms with E-state index >= 15 is 0 Å². The van der Waals surface area contributed by atoms with Gasteiger partial charge in [0.1, 0.15) is 4.90 Å². The lowest BCUT2D eigenvalue weighted by molar-refractivity contribution is -0.138. The second-order valence-corrected chi connectivity index (χ2v) is 10.0. The molecule has 32 heavy (non-hydrogen) atoms. The molecule has 2 aromatic carbocycles. The van der Waals surface area contributed by atoms with Crippen LogP contribution >= 0.6 is 10.2 Å². The van der Waals surface area contributed by atoms with E-state index in [0.29, 0.717) is 5.70 Å². The quantitative estimate of drug-likeness (QED) is 0.382. The normalized spacial score (nSPS) is 14.5. The summed E-state index contributed by atoms with van der Waals surface area (Å²) in [6.07, 6.45) is -4.14.